The average Bonchev–Trinajstić information content (AvgIpc) is 2.30. The molecule has 1 aromatic heterocycles. The van der Waals surface area contributed by atoms with Gasteiger partial charge in [0.15, 0.2) is 0 Å². The molecule has 4 N–H and O–H groups in total. The van der Waals surface area contributed by atoms with E-state index in [-0.39, 0.29) is 18.4 Å². The molecule has 1 amide bonds. The number of carbonyl (C=O) groups excluding carboxylic acids is 1. The lowest BCUT2D eigenvalue weighted by Gasteiger charge is -2.12. The summed E-state index contributed by atoms with van der Waals surface area (Å²) >= 11 is 0. The number of nitrogens with zero attached hydrogens (tertiary/aromatic N) is 2. The molecule has 0 aliphatic rings. The maximum absolute atomic E-state index is 11.2. The minimum Gasteiger partial charge on any atom is -0.383 e. The number of aromatic nitrogens is 2. The summed E-state index contributed by atoms with van der Waals surface area (Å²) in [5.74, 6) is 1.83. The minimum atomic E-state index is -0.104. The Bertz CT molecular complexity index is 417. The predicted molar refractivity (Wildman–Crippen MR) is 67.8 cm³/mol. The first-order valence-corrected chi connectivity index (χ1v) is 5.54. The highest BCUT2D eigenvalue weighted by Crippen LogP contribution is 2.20. The highest BCUT2D eigenvalue weighted by atomic mass is 16.1. The topological polar surface area (TPSA) is 92.9 Å². The van der Waals surface area contributed by atoms with Crippen molar-refractivity contribution < 1.29 is 4.79 Å². The highest BCUT2D eigenvalue weighted by Gasteiger charge is 2.11. The van der Waals surface area contributed by atoms with Crippen LogP contribution < -0.4 is 16.4 Å². The Labute approximate surface area is 101 Å². The summed E-state index contributed by atoms with van der Waals surface area (Å²) in [5.41, 5.74) is 6.57. The first-order valence-electron chi connectivity index (χ1n) is 5.54. The van der Waals surface area contributed by atoms with Crippen molar-refractivity contribution in [1.82, 2.24) is 15.3 Å². The smallest absolute Gasteiger partial charge is 0.239 e. The van der Waals surface area contributed by atoms with E-state index in [0.29, 0.717) is 17.5 Å². The summed E-state index contributed by atoms with van der Waals surface area (Å²) in [4.78, 5) is 19.7. The fourth-order valence-electron chi connectivity index (χ4n) is 1.23. The van der Waals surface area contributed by atoms with Crippen LogP contribution in [0.15, 0.2) is 0 Å². The largest absolute Gasteiger partial charge is 0.383 e. The van der Waals surface area contributed by atoms with Gasteiger partial charge >= 0.3 is 0 Å². The summed E-state index contributed by atoms with van der Waals surface area (Å²) in [6.07, 6.45) is 0. The van der Waals surface area contributed by atoms with E-state index >= 15 is 0 Å². The van der Waals surface area contributed by atoms with Crippen molar-refractivity contribution in [2.75, 3.05) is 24.6 Å². The molecule has 94 valence electrons. The lowest BCUT2D eigenvalue weighted by atomic mass is 10.2. The molecule has 1 rings (SSSR count). The predicted octanol–water partition coefficient (Wildman–Crippen LogP) is 0.649. The molecule has 1 heterocycles. The number of rotatable bonds is 4. The molecule has 0 saturated heterocycles. The van der Waals surface area contributed by atoms with Gasteiger partial charge in [-0.3, -0.25) is 4.79 Å². The fourth-order valence-corrected chi connectivity index (χ4v) is 1.23. The van der Waals surface area contributed by atoms with Gasteiger partial charge in [0, 0.05) is 18.5 Å². The van der Waals surface area contributed by atoms with Gasteiger partial charge < -0.3 is 16.4 Å². The van der Waals surface area contributed by atoms with Crippen molar-refractivity contribution in [2.45, 2.75) is 26.7 Å². The first kappa shape index (κ1) is 13.2. The van der Waals surface area contributed by atoms with Gasteiger partial charge in [-0.25, -0.2) is 9.97 Å². The lowest BCUT2D eigenvalue weighted by Crippen LogP contribution is -2.27. The Morgan fingerprint density at radius 3 is 2.59 bits per heavy atom. The van der Waals surface area contributed by atoms with Crippen molar-refractivity contribution in [3.05, 3.63) is 11.4 Å². The Morgan fingerprint density at radius 2 is 2.06 bits per heavy atom. The number of carbonyl (C=O) groups is 1. The summed E-state index contributed by atoms with van der Waals surface area (Å²) in [6, 6.07) is 0. The number of nitrogen functional groups attached to an aromatic ring is 1. The van der Waals surface area contributed by atoms with Crippen molar-refractivity contribution in [3.63, 3.8) is 0 Å². The molecule has 6 heteroatoms. The van der Waals surface area contributed by atoms with Gasteiger partial charge in [-0.15, -0.1) is 0 Å². The van der Waals surface area contributed by atoms with Crippen LogP contribution in [0.25, 0.3) is 0 Å². The molecule has 0 aliphatic heterocycles. The Hall–Kier alpha value is -1.85. The summed E-state index contributed by atoms with van der Waals surface area (Å²) in [5, 5.41) is 5.49. The third kappa shape index (κ3) is 3.30. The van der Waals surface area contributed by atoms with Gasteiger partial charge in [0.2, 0.25) is 5.91 Å². The normalized spacial score (nSPS) is 10.4. The zero-order chi connectivity index (χ0) is 13.0. The lowest BCUT2D eigenvalue weighted by molar-refractivity contribution is -0.118. The van der Waals surface area contributed by atoms with Gasteiger partial charge in [0.25, 0.3) is 0 Å². The van der Waals surface area contributed by atoms with Crippen LogP contribution in [0.2, 0.25) is 0 Å². The van der Waals surface area contributed by atoms with Crippen molar-refractivity contribution in [1.29, 1.82) is 0 Å². The number of nitrogens with one attached hydrogen (secondary N) is 2. The number of anilines is 2. The SMILES string of the molecule is CNC(=O)CNc1nc(C(C)C)nc(N)c1C. The monoisotopic (exact) mass is 237 g/mol. The Balaban J connectivity index is 2.93. The van der Waals surface area contributed by atoms with E-state index in [1.54, 1.807) is 7.05 Å². The van der Waals surface area contributed by atoms with Gasteiger partial charge in [0.1, 0.15) is 17.5 Å². The molecule has 0 fully saturated rings. The molecular formula is C11H19N5O. The van der Waals surface area contributed by atoms with Crippen LogP contribution in [0.5, 0.6) is 0 Å². The zero-order valence-electron chi connectivity index (χ0n) is 10.7. The second-order valence-corrected chi connectivity index (χ2v) is 4.12. The van der Waals surface area contributed by atoms with Crippen LogP contribution in [-0.2, 0) is 4.79 Å². The van der Waals surface area contributed by atoms with E-state index in [2.05, 4.69) is 20.6 Å². The summed E-state index contributed by atoms with van der Waals surface area (Å²) in [6.45, 7) is 5.98. The van der Waals surface area contributed by atoms with Crippen molar-refractivity contribution in [3.8, 4) is 0 Å². The first-order chi connectivity index (χ1) is 7.95. The molecule has 0 bridgehead atoms. The van der Waals surface area contributed by atoms with Gasteiger partial charge in [-0.1, -0.05) is 13.8 Å². The zero-order valence-corrected chi connectivity index (χ0v) is 10.7. The van der Waals surface area contributed by atoms with E-state index in [9.17, 15) is 4.79 Å². The Kier molecular flexibility index (Phi) is 4.25. The summed E-state index contributed by atoms with van der Waals surface area (Å²) < 4.78 is 0. The second-order valence-electron chi connectivity index (χ2n) is 4.12. The van der Waals surface area contributed by atoms with Crippen LogP contribution in [0, 0.1) is 6.92 Å². The van der Waals surface area contributed by atoms with E-state index < -0.39 is 0 Å². The molecule has 1 aromatic rings. The molecule has 0 unspecified atom stereocenters. The van der Waals surface area contributed by atoms with E-state index in [0.717, 1.165) is 5.56 Å². The van der Waals surface area contributed by atoms with Crippen LogP contribution in [-0.4, -0.2) is 29.5 Å². The number of hydrogen-bond donors (Lipinski definition) is 3. The number of amides is 1. The number of hydrogen-bond acceptors (Lipinski definition) is 5. The molecule has 6 nitrogen and oxygen atoms in total. The molecular weight excluding hydrogens is 218 g/mol. The third-order valence-electron chi connectivity index (χ3n) is 2.41. The number of likely N-dealkylation sites (N-methyl/N-ethyl adjacent to an activating group) is 1. The van der Waals surface area contributed by atoms with Crippen molar-refractivity contribution in [2.24, 2.45) is 0 Å². The molecule has 0 radical (unpaired) electrons. The third-order valence-corrected chi connectivity index (χ3v) is 2.41. The molecule has 0 aliphatic carbocycles. The maximum Gasteiger partial charge on any atom is 0.239 e. The highest BCUT2D eigenvalue weighted by molar-refractivity contribution is 5.80. The van der Waals surface area contributed by atoms with E-state index in [1.807, 2.05) is 20.8 Å². The van der Waals surface area contributed by atoms with Crippen LogP contribution in [0.3, 0.4) is 0 Å². The minimum absolute atomic E-state index is 0.104. The standard InChI is InChI=1S/C11H19N5O/c1-6(2)10-15-9(12)7(3)11(16-10)14-5-8(17)13-4/h6H,5H2,1-4H3,(H,13,17)(H3,12,14,15,16). The summed E-state index contributed by atoms with van der Waals surface area (Å²) in [7, 11) is 1.59. The van der Waals surface area contributed by atoms with E-state index in [4.69, 9.17) is 5.73 Å². The van der Waals surface area contributed by atoms with Gasteiger partial charge in [-0.05, 0) is 6.92 Å². The molecule has 0 aromatic carbocycles. The quantitative estimate of drug-likeness (QED) is 0.715. The molecule has 0 atom stereocenters. The molecule has 17 heavy (non-hydrogen) atoms. The number of nitrogens with two attached hydrogens (primary N) is 1. The van der Waals surface area contributed by atoms with E-state index in [1.165, 1.54) is 0 Å². The van der Waals surface area contributed by atoms with Crippen LogP contribution in [0.1, 0.15) is 31.2 Å². The second kappa shape index (κ2) is 5.47. The maximum atomic E-state index is 11.2. The van der Waals surface area contributed by atoms with Gasteiger partial charge in [-0.2, -0.15) is 0 Å². The van der Waals surface area contributed by atoms with Crippen LogP contribution in [0.4, 0.5) is 11.6 Å². The average molecular weight is 237 g/mol. The van der Waals surface area contributed by atoms with Gasteiger partial charge in [0.05, 0.1) is 6.54 Å². The van der Waals surface area contributed by atoms with Crippen LogP contribution >= 0.6 is 0 Å². The Morgan fingerprint density at radius 1 is 1.41 bits per heavy atom. The van der Waals surface area contributed by atoms with Crippen molar-refractivity contribution >= 4 is 17.5 Å². The fraction of sp³-hybridized carbons (Fsp3) is 0.545. The molecule has 0 saturated carbocycles. The molecule has 0 spiro atoms.